The lowest BCUT2D eigenvalue weighted by atomic mass is 9.56. The first kappa shape index (κ1) is 15.1. The van der Waals surface area contributed by atoms with Crippen molar-refractivity contribution in [3.8, 4) is 0 Å². The van der Waals surface area contributed by atoms with E-state index in [0.29, 0.717) is 0 Å². The second-order valence-corrected chi connectivity index (χ2v) is 8.22. The maximum atomic E-state index is 2.66. The van der Waals surface area contributed by atoms with Crippen LogP contribution in [0, 0.1) is 47.3 Å². The van der Waals surface area contributed by atoms with Gasteiger partial charge in [0.1, 0.15) is 0 Å². The van der Waals surface area contributed by atoms with E-state index < -0.39 is 0 Å². The molecule has 1 fully saturated rings. The van der Waals surface area contributed by atoms with E-state index in [9.17, 15) is 0 Å². The van der Waals surface area contributed by atoms with Crippen LogP contribution in [0.4, 0.5) is 0 Å². The molecule has 2 aliphatic rings. The Labute approximate surface area is 121 Å². The van der Waals surface area contributed by atoms with Crippen LogP contribution in [0.15, 0.2) is 11.6 Å². The summed E-state index contributed by atoms with van der Waals surface area (Å²) in [5, 5.41) is 0. The van der Waals surface area contributed by atoms with Gasteiger partial charge in [0.05, 0.1) is 0 Å². The Morgan fingerprint density at radius 3 is 2.05 bits per heavy atom. The molecule has 0 saturated heterocycles. The van der Waals surface area contributed by atoms with Crippen molar-refractivity contribution in [2.75, 3.05) is 0 Å². The highest BCUT2D eigenvalue weighted by atomic mass is 14.5. The first-order valence-electron chi connectivity index (χ1n) is 8.51. The van der Waals surface area contributed by atoms with Gasteiger partial charge in [-0.2, -0.15) is 0 Å². The van der Waals surface area contributed by atoms with Gasteiger partial charge in [0.15, 0.2) is 0 Å². The average molecular weight is 262 g/mol. The van der Waals surface area contributed by atoms with Crippen molar-refractivity contribution < 1.29 is 0 Å². The molecule has 110 valence electrons. The van der Waals surface area contributed by atoms with E-state index in [1.54, 1.807) is 5.57 Å². The zero-order chi connectivity index (χ0) is 14.3. The van der Waals surface area contributed by atoms with Crippen molar-refractivity contribution in [1.82, 2.24) is 0 Å². The molecule has 0 heteroatoms. The molecule has 2 rings (SSSR count). The smallest absolute Gasteiger partial charge is 0.0152 e. The highest BCUT2D eigenvalue weighted by molar-refractivity contribution is 5.15. The van der Waals surface area contributed by atoms with Gasteiger partial charge in [0.25, 0.3) is 0 Å². The lowest BCUT2D eigenvalue weighted by molar-refractivity contribution is 0.0379. The fraction of sp³-hybridized carbons (Fsp3) is 0.895. The fourth-order valence-electron chi connectivity index (χ4n) is 4.97. The fourth-order valence-corrected chi connectivity index (χ4v) is 4.97. The number of hydrogen-bond donors (Lipinski definition) is 0. The number of hydrogen-bond acceptors (Lipinski definition) is 0. The summed E-state index contributed by atoms with van der Waals surface area (Å²) < 4.78 is 0. The molecule has 6 unspecified atom stereocenters. The van der Waals surface area contributed by atoms with Gasteiger partial charge in [-0.3, -0.25) is 0 Å². The van der Waals surface area contributed by atoms with Gasteiger partial charge >= 0.3 is 0 Å². The minimum Gasteiger partial charge on any atom is -0.0819 e. The molecule has 0 heterocycles. The van der Waals surface area contributed by atoms with Crippen LogP contribution in [-0.4, -0.2) is 0 Å². The van der Waals surface area contributed by atoms with E-state index in [0.717, 1.165) is 47.3 Å². The van der Waals surface area contributed by atoms with Crippen molar-refractivity contribution in [3.63, 3.8) is 0 Å². The van der Waals surface area contributed by atoms with Gasteiger partial charge in [0.2, 0.25) is 0 Å². The third-order valence-electron chi connectivity index (χ3n) is 6.35. The summed E-state index contributed by atoms with van der Waals surface area (Å²) in [6.45, 7) is 17.0. The number of rotatable bonds is 3. The average Bonchev–Trinajstić information content (AvgIpc) is 2.33. The van der Waals surface area contributed by atoms with Crippen LogP contribution in [0.25, 0.3) is 0 Å². The SMILES string of the molecule is CC1=CC(C2CC(C)C2C)CC(C(C)C)C1C(C)C. The molecule has 0 amide bonds. The van der Waals surface area contributed by atoms with E-state index in [-0.39, 0.29) is 0 Å². The molecule has 0 bridgehead atoms. The van der Waals surface area contributed by atoms with E-state index in [1.165, 1.54) is 12.8 Å². The summed E-state index contributed by atoms with van der Waals surface area (Å²) in [4.78, 5) is 0. The van der Waals surface area contributed by atoms with Crippen LogP contribution >= 0.6 is 0 Å². The third kappa shape index (κ3) is 2.78. The molecule has 0 spiro atoms. The van der Waals surface area contributed by atoms with E-state index >= 15 is 0 Å². The molecule has 0 aromatic carbocycles. The molecule has 19 heavy (non-hydrogen) atoms. The van der Waals surface area contributed by atoms with Crippen LogP contribution in [0.3, 0.4) is 0 Å². The summed E-state index contributed by atoms with van der Waals surface area (Å²) in [5.74, 6) is 7.08. The topological polar surface area (TPSA) is 0 Å². The first-order chi connectivity index (χ1) is 8.82. The molecular formula is C19H34. The summed E-state index contributed by atoms with van der Waals surface area (Å²) in [7, 11) is 0. The van der Waals surface area contributed by atoms with Gasteiger partial charge in [-0.25, -0.2) is 0 Å². The molecule has 0 aromatic rings. The van der Waals surface area contributed by atoms with Gasteiger partial charge < -0.3 is 0 Å². The Balaban J connectivity index is 2.17. The van der Waals surface area contributed by atoms with Crippen LogP contribution in [0.1, 0.15) is 61.3 Å². The van der Waals surface area contributed by atoms with Crippen molar-refractivity contribution in [2.45, 2.75) is 61.3 Å². The first-order valence-corrected chi connectivity index (χ1v) is 8.51. The zero-order valence-electron chi connectivity index (χ0n) is 14.1. The van der Waals surface area contributed by atoms with Crippen LogP contribution in [0.2, 0.25) is 0 Å². The van der Waals surface area contributed by atoms with Crippen LogP contribution in [0.5, 0.6) is 0 Å². The Bertz CT molecular complexity index is 336. The van der Waals surface area contributed by atoms with Crippen LogP contribution in [-0.2, 0) is 0 Å². The maximum absolute atomic E-state index is 2.66. The lowest BCUT2D eigenvalue weighted by Gasteiger charge is -2.49. The highest BCUT2D eigenvalue weighted by Crippen LogP contribution is 2.51. The van der Waals surface area contributed by atoms with Crippen molar-refractivity contribution in [1.29, 1.82) is 0 Å². The van der Waals surface area contributed by atoms with Gasteiger partial charge in [0, 0.05) is 0 Å². The summed E-state index contributed by atoms with van der Waals surface area (Å²) >= 11 is 0. The number of allylic oxidation sites excluding steroid dienone is 2. The van der Waals surface area contributed by atoms with E-state index in [4.69, 9.17) is 0 Å². The van der Waals surface area contributed by atoms with Gasteiger partial charge in [-0.15, -0.1) is 0 Å². The molecule has 0 radical (unpaired) electrons. The normalized spacial score (nSPS) is 43.3. The summed E-state index contributed by atoms with van der Waals surface area (Å²) in [5.41, 5.74) is 1.69. The Morgan fingerprint density at radius 1 is 1.00 bits per heavy atom. The second kappa shape index (κ2) is 5.62. The van der Waals surface area contributed by atoms with E-state index in [2.05, 4.69) is 54.5 Å². The van der Waals surface area contributed by atoms with Gasteiger partial charge in [-0.1, -0.05) is 53.2 Å². The Hall–Kier alpha value is -0.260. The lowest BCUT2D eigenvalue weighted by Crippen LogP contribution is -2.41. The zero-order valence-corrected chi connectivity index (χ0v) is 14.1. The molecular weight excluding hydrogens is 228 g/mol. The molecule has 1 saturated carbocycles. The summed E-state index contributed by atoms with van der Waals surface area (Å²) in [6, 6.07) is 0. The minimum absolute atomic E-state index is 0.794. The standard InChI is InChI=1S/C19H34/c1-11(2)17-10-16(18-9-13(5)15(18)7)8-14(6)19(17)12(3)4/h8,11-13,15-19H,9-10H2,1-7H3. The van der Waals surface area contributed by atoms with Crippen molar-refractivity contribution >= 4 is 0 Å². The van der Waals surface area contributed by atoms with Crippen molar-refractivity contribution in [3.05, 3.63) is 11.6 Å². The Morgan fingerprint density at radius 2 is 1.63 bits per heavy atom. The van der Waals surface area contributed by atoms with Crippen LogP contribution < -0.4 is 0 Å². The molecule has 0 N–H and O–H groups in total. The highest BCUT2D eigenvalue weighted by Gasteiger charge is 2.43. The third-order valence-corrected chi connectivity index (χ3v) is 6.35. The van der Waals surface area contributed by atoms with Gasteiger partial charge in [-0.05, 0) is 67.1 Å². The molecule has 2 aliphatic carbocycles. The molecule has 6 atom stereocenters. The largest absolute Gasteiger partial charge is 0.0819 e. The maximum Gasteiger partial charge on any atom is -0.0152 e. The molecule has 0 aromatic heterocycles. The molecule has 0 nitrogen and oxygen atoms in total. The summed E-state index contributed by atoms with van der Waals surface area (Å²) in [6.07, 6.45) is 5.57. The quantitative estimate of drug-likeness (QED) is 0.565. The predicted octanol–water partition coefficient (Wildman–Crippen LogP) is 5.79. The Kier molecular flexibility index (Phi) is 4.48. The molecule has 0 aliphatic heterocycles. The predicted molar refractivity (Wildman–Crippen MR) is 85.0 cm³/mol. The second-order valence-electron chi connectivity index (χ2n) is 8.22. The minimum atomic E-state index is 0.794. The monoisotopic (exact) mass is 262 g/mol. The van der Waals surface area contributed by atoms with Crippen molar-refractivity contribution in [2.24, 2.45) is 47.3 Å². The van der Waals surface area contributed by atoms with E-state index in [1.807, 2.05) is 0 Å².